The lowest BCUT2D eigenvalue weighted by Gasteiger charge is -2.15. The SMILES string of the molecule is Fc1ccc(Cl)cc1-c1cc(Nc2ccnc3cc(C(F)(F)F)ccc23)c2ccccc2n1. The van der Waals surface area contributed by atoms with Crippen LogP contribution >= 0.6 is 11.6 Å². The van der Waals surface area contributed by atoms with Crippen LogP contribution in [-0.2, 0) is 6.18 Å². The highest BCUT2D eigenvalue weighted by Crippen LogP contribution is 2.36. The Morgan fingerprint density at radius 1 is 0.788 bits per heavy atom. The molecule has 0 fully saturated rings. The van der Waals surface area contributed by atoms with Crippen LogP contribution in [0, 0.1) is 5.82 Å². The third-order valence-corrected chi connectivity index (χ3v) is 5.50. The van der Waals surface area contributed by atoms with Gasteiger partial charge in [0.1, 0.15) is 5.82 Å². The first-order valence-electron chi connectivity index (χ1n) is 9.88. The molecule has 3 aromatic carbocycles. The van der Waals surface area contributed by atoms with E-state index in [4.69, 9.17) is 11.6 Å². The van der Waals surface area contributed by atoms with E-state index in [1.807, 2.05) is 18.2 Å². The zero-order chi connectivity index (χ0) is 23.2. The Morgan fingerprint density at radius 3 is 2.39 bits per heavy atom. The van der Waals surface area contributed by atoms with Gasteiger partial charge in [-0.15, -0.1) is 0 Å². The Morgan fingerprint density at radius 2 is 1.58 bits per heavy atom. The van der Waals surface area contributed by atoms with Gasteiger partial charge in [-0.2, -0.15) is 13.2 Å². The van der Waals surface area contributed by atoms with E-state index >= 15 is 0 Å². The summed E-state index contributed by atoms with van der Waals surface area (Å²) in [6.07, 6.45) is -3.03. The van der Waals surface area contributed by atoms with Crippen LogP contribution in [0.5, 0.6) is 0 Å². The van der Waals surface area contributed by atoms with E-state index in [1.54, 1.807) is 18.2 Å². The van der Waals surface area contributed by atoms with E-state index < -0.39 is 17.6 Å². The van der Waals surface area contributed by atoms with Gasteiger partial charge < -0.3 is 5.32 Å². The summed E-state index contributed by atoms with van der Waals surface area (Å²) in [6, 6.07) is 18.3. The van der Waals surface area contributed by atoms with Crippen LogP contribution in [0.2, 0.25) is 5.02 Å². The van der Waals surface area contributed by atoms with Crippen molar-refractivity contribution >= 4 is 44.8 Å². The smallest absolute Gasteiger partial charge is 0.354 e. The van der Waals surface area contributed by atoms with Crippen molar-refractivity contribution in [3.05, 3.63) is 95.4 Å². The Kier molecular flexibility index (Phi) is 5.13. The largest absolute Gasteiger partial charge is 0.416 e. The first-order chi connectivity index (χ1) is 15.8. The number of halogens is 5. The zero-order valence-electron chi connectivity index (χ0n) is 16.8. The van der Waals surface area contributed by atoms with Crippen molar-refractivity contribution in [3.8, 4) is 11.3 Å². The number of hydrogen-bond acceptors (Lipinski definition) is 3. The monoisotopic (exact) mass is 467 g/mol. The summed E-state index contributed by atoms with van der Waals surface area (Å²) in [5.74, 6) is -0.470. The molecular formula is C25H14ClF4N3. The molecule has 0 spiro atoms. The van der Waals surface area contributed by atoms with Gasteiger partial charge in [0.15, 0.2) is 0 Å². The fraction of sp³-hybridized carbons (Fsp3) is 0.0400. The van der Waals surface area contributed by atoms with Crippen LogP contribution in [0.4, 0.5) is 28.9 Å². The molecule has 8 heteroatoms. The Balaban J connectivity index is 1.66. The average molecular weight is 468 g/mol. The number of pyridine rings is 2. The van der Waals surface area contributed by atoms with Crippen molar-refractivity contribution in [3.63, 3.8) is 0 Å². The summed E-state index contributed by atoms with van der Waals surface area (Å²) in [7, 11) is 0. The topological polar surface area (TPSA) is 37.8 Å². The third kappa shape index (κ3) is 4.07. The molecule has 0 saturated carbocycles. The van der Waals surface area contributed by atoms with Crippen LogP contribution in [0.3, 0.4) is 0 Å². The summed E-state index contributed by atoms with van der Waals surface area (Å²) in [4.78, 5) is 8.66. The lowest BCUT2D eigenvalue weighted by Crippen LogP contribution is -2.05. The second kappa shape index (κ2) is 8.01. The molecule has 33 heavy (non-hydrogen) atoms. The number of benzene rings is 3. The minimum absolute atomic E-state index is 0.203. The first kappa shape index (κ1) is 21.2. The van der Waals surface area contributed by atoms with Crippen LogP contribution in [0.15, 0.2) is 79.0 Å². The molecule has 2 aromatic heterocycles. The van der Waals surface area contributed by atoms with Gasteiger partial charge in [0.05, 0.1) is 28.0 Å². The van der Waals surface area contributed by atoms with E-state index in [0.29, 0.717) is 33.0 Å². The predicted octanol–water partition coefficient (Wildman–Crippen LogP) is 8.00. The molecule has 0 aliphatic carbocycles. The molecule has 0 radical (unpaired) electrons. The van der Waals surface area contributed by atoms with Crippen LogP contribution in [0.25, 0.3) is 33.1 Å². The fourth-order valence-electron chi connectivity index (χ4n) is 3.69. The zero-order valence-corrected chi connectivity index (χ0v) is 17.5. The molecule has 0 aliphatic rings. The van der Waals surface area contributed by atoms with Crippen LogP contribution < -0.4 is 5.32 Å². The quantitative estimate of drug-likeness (QED) is 0.273. The van der Waals surface area contributed by atoms with Gasteiger partial charge in [-0.1, -0.05) is 35.9 Å². The molecule has 3 nitrogen and oxygen atoms in total. The molecule has 0 bridgehead atoms. The number of fused-ring (bicyclic) bond motifs is 2. The number of alkyl halides is 3. The van der Waals surface area contributed by atoms with Crippen molar-refractivity contribution in [2.24, 2.45) is 0 Å². The Hall–Kier alpha value is -3.71. The van der Waals surface area contributed by atoms with E-state index in [-0.39, 0.29) is 11.1 Å². The van der Waals surface area contributed by atoms with Gasteiger partial charge in [0, 0.05) is 33.2 Å². The third-order valence-electron chi connectivity index (χ3n) is 5.26. The summed E-state index contributed by atoms with van der Waals surface area (Å²) >= 11 is 6.07. The van der Waals surface area contributed by atoms with Crippen LogP contribution in [-0.4, -0.2) is 9.97 Å². The van der Waals surface area contributed by atoms with Crippen molar-refractivity contribution in [2.75, 3.05) is 5.32 Å². The average Bonchev–Trinajstić information content (AvgIpc) is 2.80. The van der Waals surface area contributed by atoms with E-state index in [9.17, 15) is 17.6 Å². The molecule has 0 unspecified atom stereocenters. The van der Waals surface area contributed by atoms with Crippen LogP contribution in [0.1, 0.15) is 5.56 Å². The van der Waals surface area contributed by atoms with E-state index in [1.165, 1.54) is 30.5 Å². The first-order valence-corrected chi connectivity index (χ1v) is 10.3. The highest BCUT2D eigenvalue weighted by molar-refractivity contribution is 6.30. The lowest BCUT2D eigenvalue weighted by atomic mass is 10.1. The highest BCUT2D eigenvalue weighted by atomic mass is 35.5. The molecular weight excluding hydrogens is 454 g/mol. The number of hydrogen-bond donors (Lipinski definition) is 1. The molecule has 0 amide bonds. The normalized spacial score (nSPS) is 11.8. The van der Waals surface area contributed by atoms with Crippen molar-refractivity contribution in [1.29, 1.82) is 0 Å². The summed E-state index contributed by atoms with van der Waals surface area (Å²) in [5, 5.41) is 4.93. The van der Waals surface area contributed by atoms with Gasteiger partial charge in [-0.3, -0.25) is 4.98 Å². The Labute approximate surface area is 190 Å². The standard InChI is InChI=1S/C25H14ClF4N3/c26-15-6-8-19(27)18(12-15)24-13-23(16-3-1-2-4-20(16)32-24)33-21-9-10-31-22-11-14(25(28,29)30)5-7-17(21)22/h1-13H,(H,31,32,33). The summed E-state index contributed by atoms with van der Waals surface area (Å²) < 4.78 is 53.9. The van der Waals surface area contributed by atoms with Gasteiger partial charge in [-0.25, -0.2) is 9.37 Å². The Bertz CT molecular complexity index is 1520. The van der Waals surface area contributed by atoms with Crippen molar-refractivity contribution < 1.29 is 17.6 Å². The maximum Gasteiger partial charge on any atom is 0.416 e. The minimum atomic E-state index is -4.46. The van der Waals surface area contributed by atoms with Crippen molar-refractivity contribution in [1.82, 2.24) is 9.97 Å². The van der Waals surface area contributed by atoms with Gasteiger partial charge in [0.2, 0.25) is 0 Å². The second-order valence-corrected chi connectivity index (χ2v) is 7.85. The lowest BCUT2D eigenvalue weighted by molar-refractivity contribution is -0.137. The molecule has 2 heterocycles. The predicted molar refractivity (Wildman–Crippen MR) is 122 cm³/mol. The van der Waals surface area contributed by atoms with Gasteiger partial charge in [0.25, 0.3) is 0 Å². The van der Waals surface area contributed by atoms with Gasteiger partial charge in [-0.05, 0) is 48.5 Å². The second-order valence-electron chi connectivity index (χ2n) is 7.41. The molecule has 164 valence electrons. The number of anilines is 2. The summed E-state index contributed by atoms with van der Waals surface area (Å²) in [6.45, 7) is 0. The maximum atomic E-state index is 14.5. The van der Waals surface area contributed by atoms with Gasteiger partial charge >= 0.3 is 6.18 Å². The summed E-state index contributed by atoms with van der Waals surface area (Å²) in [5.41, 5.74) is 1.83. The molecule has 0 aliphatic heterocycles. The molecule has 0 atom stereocenters. The van der Waals surface area contributed by atoms with Crippen molar-refractivity contribution in [2.45, 2.75) is 6.18 Å². The number of aromatic nitrogens is 2. The number of nitrogens with one attached hydrogen (secondary N) is 1. The maximum absolute atomic E-state index is 14.5. The fourth-order valence-corrected chi connectivity index (χ4v) is 3.86. The minimum Gasteiger partial charge on any atom is -0.354 e. The highest BCUT2D eigenvalue weighted by Gasteiger charge is 2.30. The van der Waals surface area contributed by atoms with E-state index in [0.717, 1.165) is 17.5 Å². The molecule has 1 N–H and O–H groups in total. The number of rotatable bonds is 3. The number of nitrogens with zero attached hydrogens (tertiary/aromatic N) is 2. The molecule has 0 saturated heterocycles. The molecule has 5 rings (SSSR count). The van der Waals surface area contributed by atoms with E-state index in [2.05, 4.69) is 15.3 Å². The molecule has 5 aromatic rings. The number of para-hydroxylation sites is 1.